The zero-order valence-electron chi connectivity index (χ0n) is 15.2. The first kappa shape index (κ1) is 19.9. The Labute approximate surface area is 161 Å². The number of hydrogen-bond acceptors (Lipinski definition) is 5. The maximum Gasteiger partial charge on any atom is 0.308 e. The van der Waals surface area contributed by atoms with Crippen LogP contribution in [0.3, 0.4) is 0 Å². The van der Waals surface area contributed by atoms with E-state index >= 15 is 0 Å². The van der Waals surface area contributed by atoms with E-state index in [0.717, 1.165) is 0 Å². The van der Waals surface area contributed by atoms with Crippen LogP contribution >= 0.6 is 0 Å². The minimum absolute atomic E-state index is 0.0252. The van der Waals surface area contributed by atoms with Gasteiger partial charge in [-0.25, -0.2) is 4.39 Å². The second-order valence-corrected chi connectivity index (χ2v) is 6.61. The summed E-state index contributed by atoms with van der Waals surface area (Å²) in [7, 11) is 0. The van der Waals surface area contributed by atoms with Gasteiger partial charge in [-0.05, 0) is 55.2 Å². The number of nitrogens with one attached hydrogen (secondary N) is 1. The number of rotatable bonds is 8. The van der Waals surface area contributed by atoms with Crippen molar-refractivity contribution in [2.75, 3.05) is 19.8 Å². The van der Waals surface area contributed by atoms with E-state index in [-0.39, 0.29) is 30.6 Å². The number of furan rings is 1. The molecular weight excluding hydrogens is 369 g/mol. The molecule has 0 saturated carbocycles. The van der Waals surface area contributed by atoms with Crippen LogP contribution in [0.25, 0.3) is 0 Å². The highest BCUT2D eigenvalue weighted by atomic mass is 19.1. The van der Waals surface area contributed by atoms with Gasteiger partial charge in [-0.1, -0.05) is 0 Å². The highest BCUT2D eigenvalue weighted by molar-refractivity contribution is 5.91. The van der Waals surface area contributed by atoms with Crippen molar-refractivity contribution in [2.45, 2.75) is 19.4 Å². The third-order valence-electron chi connectivity index (χ3n) is 4.71. The van der Waals surface area contributed by atoms with Crippen LogP contribution in [0.2, 0.25) is 0 Å². The SMILES string of the molecule is O=C(NCC(C(=O)O)C1CCOCC1)c1ccc(COc2ccc(F)cc2)o1. The second kappa shape index (κ2) is 9.36. The summed E-state index contributed by atoms with van der Waals surface area (Å²) in [5.41, 5.74) is 0. The maximum atomic E-state index is 12.9. The van der Waals surface area contributed by atoms with E-state index in [9.17, 15) is 19.1 Å². The van der Waals surface area contributed by atoms with Gasteiger partial charge in [0.15, 0.2) is 5.76 Å². The molecule has 1 saturated heterocycles. The number of amides is 1. The molecule has 1 aromatic carbocycles. The molecule has 2 aromatic rings. The molecule has 2 N–H and O–H groups in total. The van der Waals surface area contributed by atoms with Gasteiger partial charge < -0.3 is 24.3 Å². The second-order valence-electron chi connectivity index (χ2n) is 6.61. The Bertz CT molecular complexity index is 797. The van der Waals surface area contributed by atoms with Crippen LogP contribution in [0.5, 0.6) is 5.75 Å². The lowest BCUT2D eigenvalue weighted by Gasteiger charge is -2.27. The molecule has 1 atom stereocenters. The number of aliphatic carboxylic acids is 1. The zero-order chi connectivity index (χ0) is 19.9. The van der Waals surface area contributed by atoms with Gasteiger partial charge in [0.1, 0.15) is 23.9 Å². The fourth-order valence-electron chi connectivity index (χ4n) is 3.13. The smallest absolute Gasteiger partial charge is 0.308 e. The normalized spacial score (nSPS) is 15.8. The number of carboxylic acids is 1. The van der Waals surface area contributed by atoms with Crippen LogP contribution in [0.1, 0.15) is 29.2 Å². The van der Waals surface area contributed by atoms with E-state index in [2.05, 4.69) is 5.32 Å². The van der Waals surface area contributed by atoms with Gasteiger partial charge in [0.25, 0.3) is 5.91 Å². The van der Waals surface area contributed by atoms with Crippen molar-refractivity contribution in [3.8, 4) is 5.75 Å². The summed E-state index contributed by atoms with van der Waals surface area (Å²) in [5.74, 6) is -1.48. The van der Waals surface area contributed by atoms with Crippen molar-refractivity contribution in [2.24, 2.45) is 11.8 Å². The Hall–Kier alpha value is -2.87. The van der Waals surface area contributed by atoms with E-state index in [4.69, 9.17) is 13.9 Å². The monoisotopic (exact) mass is 391 g/mol. The molecule has 1 amide bonds. The number of carboxylic acid groups (broad SMARTS) is 1. The molecule has 0 bridgehead atoms. The summed E-state index contributed by atoms with van der Waals surface area (Å²) < 4.78 is 29.1. The minimum atomic E-state index is -0.931. The molecule has 0 radical (unpaired) electrons. The Balaban J connectivity index is 1.51. The number of ether oxygens (including phenoxy) is 2. The predicted octanol–water partition coefficient (Wildman–Crippen LogP) is 2.85. The molecule has 0 spiro atoms. The number of carbonyl (C=O) groups is 2. The average Bonchev–Trinajstić information content (AvgIpc) is 3.17. The number of benzene rings is 1. The largest absolute Gasteiger partial charge is 0.486 e. The van der Waals surface area contributed by atoms with Crippen LogP contribution in [0.15, 0.2) is 40.8 Å². The fraction of sp³-hybridized carbons (Fsp3) is 0.400. The van der Waals surface area contributed by atoms with Gasteiger partial charge in [0.05, 0.1) is 5.92 Å². The van der Waals surface area contributed by atoms with Gasteiger partial charge >= 0.3 is 5.97 Å². The molecule has 28 heavy (non-hydrogen) atoms. The first-order valence-electron chi connectivity index (χ1n) is 9.09. The Kier molecular flexibility index (Phi) is 6.65. The van der Waals surface area contributed by atoms with Gasteiger partial charge in [-0.3, -0.25) is 9.59 Å². The van der Waals surface area contributed by atoms with E-state index in [1.807, 2.05) is 0 Å². The fourth-order valence-corrected chi connectivity index (χ4v) is 3.13. The zero-order valence-corrected chi connectivity index (χ0v) is 15.2. The molecule has 1 aliphatic heterocycles. The van der Waals surface area contributed by atoms with Gasteiger partial charge in [-0.2, -0.15) is 0 Å². The van der Waals surface area contributed by atoms with Crippen LogP contribution in [0, 0.1) is 17.7 Å². The summed E-state index contributed by atoms with van der Waals surface area (Å²) in [6.45, 7) is 1.19. The molecule has 2 heterocycles. The van der Waals surface area contributed by atoms with Gasteiger partial charge in [0, 0.05) is 19.8 Å². The van der Waals surface area contributed by atoms with E-state index in [0.29, 0.717) is 37.6 Å². The van der Waals surface area contributed by atoms with Crippen molar-refractivity contribution in [3.63, 3.8) is 0 Å². The molecule has 1 aromatic heterocycles. The summed E-state index contributed by atoms with van der Waals surface area (Å²) in [4.78, 5) is 23.8. The van der Waals surface area contributed by atoms with Gasteiger partial charge in [0.2, 0.25) is 0 Å². The van der Waals surface area contributed by atoms with Crippen LogP contribution in [0.4, 0.5) is 4.39 Å². The van der Waals surface area contributed by atoms with Crippen LogP contribution in [-0.4, -0.2) is 36.7 Å². The van der Waals surface area contributed by atoms with Crippen molar-refractivity contribution in [1.29, 1.82) is 0 Å². The third-order valence-corrected chi connectivity index (χ3v) is 4.71. The van der Waals surface area contributed by atoms with E-state index in [1.54, 1.807) is 6.07 Å². The highest BCUT2D eigenvalue weighted by Gasteiger charge is 2.30. The van der Waals surface area contributed by atoms with Crippen molar-refractivity contribution >= 4 is 11.9 Å². The molecule has 0 aliphatic carbocycles. The molecule has 1 unspecified atom stereocenters. The molecule has 1 aliphatic rings. The van der Waals surface area contributed by atoms with Gasteiger partial charge in [-0.15, -0.1) is 0 Å². The topological polar surface area (TPSA) is 98.0 Å². The van der Waals surface area contributed by atoms with Crippen molar-refractivity contribution in [1.82, 2.24) is 5.32 Å². The molecule has 150 valence electrons. The standard InChI is InChI=1S/C20H22FNO6/c21-14-1-3-15(4-2-14)27-12-16-5-6-18(28-16)19(23)22-11-17(20(24)25)13-7-9-26-10-8-13/h1-6,13,17H,7-12H2,(H,22,23)(H,24,25). The predicted molar refractivity (Wildman–Crippen MR) is 96.4 cm³/mol. The molecular formula is C20H22FNO6. The summed E-state index contributed by atoms with van der Waals surface area (Å²) in [6, 6.07) is 8.66. The number of carbonyl (C=O) groups excluding carboxylic acids is 1. The molecule has 1 fully saturated rings. The summed E-state index contributed by atoms with van der Waals surface area (Å²) >= 11 is 0. The van der Waals surface area contributed by atoms with Crippen molar-refractivity contribution < 1.29 is 33.0 Å². The van der Waals surface area contributed by atoms with Crippen LogP contribution < -0.4 is 10.1 Å². The molecule has 8 heteroatoms. The highest BCUT2D eigenvalue weighted by Crippen LogP contribution is 2.24. The Morgan fingerprint density at radius 1 is 1.18 bits per heavy atom. The first-order chi connectivity index (χ1) is 13.5. The van der Waals surface area contributed by atoms with Crippen LogP contribution in [-0.2, 0) is 16.1 Å². The number of halogens is 1. The molecule has 3 rings (SSSR count). The lowest BCUT2D eigenvalue weighted by Crippen LogP contribution is -2.38. The lowest BCUT2D eigenvalue weighted by atomic mass is 9.86. The lowest BCUT2D eigenvalue weighted by molar-refractivity contribution is -0.144. The average molecular weight is 391 g/mol. The van der Waals surface area contributed by atoms with E-state index < -0.39 is 17.8 Å². The Morgan fingerprint density at radius 3 is 2.57 bits per heavy atom. The molecule has 7 nitrogen and oxygen atoms in total. The summed E-state index contributed by atoms with van der Waals surface area (Å²) in [5, 5.41) is 12.1. The third kappa shape index (κ3) is 5.32. The maximum absolute atomic E-state index is 12.9. The number of hydrogen-bond donors (Lipinski definition) is 2. The van der Waals surface area contributed by atoms with Crippen molar-refractivity contribution in [3.05, 3.63) is 53.7 Å². The quantitative estimate of drug-likeness (QED) is 0.718. The summed E-state index contributed by atoms with van der Waals surface area (Å²) in [6.07, 6.45) is 1.33. The Morgan fingerprint density at radius 2 is 1.89 bits per heavy atom. The van der Waals surface area contributed by atoms with E-state index in [1.165, 1.54) is 30.3 Å². The minimum Gasteiger partial charge on any atom is -0.486 e. The first-order valence-corrected chi connectivity index (χ1v) is 9.09.